The van der Waals surface area contributed by atoms with Gasteiger partial charge in [-0.05, 0) is 36.8 Å². The summed E-state index contributed by atoms with van der Waals surface area (Å²) in [5.74, 6) is -0.528. The molecule has 2 rings (SSSR count). The number of non-ortho nitro benzene ring substituents is 1. The first-order chi connectivity index (χ1) is 12.6. The third-order valence-corrected chi connectivity index (χ3v) is 3.41. The topological polar surface area (TPSA) is 90.7 Å². The number of ether oxygens (including phenoxy) is 2. The summed E-state index contributed by atoms with van der Waals surface area (Å²) in [6.45, 7) is 1.33. The van der Waals surface area contributed by atoms with Gasteiger partial charge in [-0.3, -0.25) is 14.9 Å². The van der Waals surface area contributed by atoms with Crippen LogP contribution in [-0.4, -0.2) is 23.8 Å². The van der Waals surface area contributed by atoms with E-state index in [1.807, 2.05) is 0 Å². The highest BCUT2D eigenvalue weighted by Gasteiger charge is 2.31. The number of nitro benzene ring substituents is 1. The van der Waals surface area contributed by atoms with E-state index < -0.39 is 23.2 Å². The fraction of sp³-hybridized carbons (Fsp3) is 0.235. The monoisotopic (exact) mass is 384 g/mol. The summed E-state index contributed by atoms with van der Waals surface area (Å²) in [7, 11) is 0. The molecule has 7 nitrogen and oxygen atoms in total. The third kappa shape index (κ3) is 6.49. The van der Waals surface area contributed by atoms with E-state index >= 15 is 0 Å². The van der Waals surface area contributed by atoms with Gasteiger partial charge in [0.05, 0.1) is 11.0 Å². The van der Waals surface area contributed by atoms with E-state index in [0.717, 1.165) is 12.1 Å². The first-order valence-electron chi connectivity index (χ1n) is 7.66. The number of benzene rings is 2. The van der Waals surface area contributed by atoms with Crippen molar-refractivity contribution in [3.8, 4) is 11.5 Å². The molecule has 10 heteroatoms. The number of rotatable bonds is 7. The average Bonchev–Trinajstić information content (AvgIpc) is 2.59. The van der Waals surface area contributed by atoms with E-state index in [-0.39, 0.29) is 23.8 Å². The summed E-state index contributed by atoms with van der Waals surface area (Å²) in [5.41, 5.74) is 0.478. The van der Waals surface area contributed by atoms with E-state index in [1.165, 1.54) is 36.4 Å². The molecular formula is C17H15F3N2O5. The molecule has 0 fully saturated rings. The highest BCUT2D eigenvalue weighted by Crippen LogP contribution is 2.24. The Morgan fingerprint density at radius 3 is 2.19 bits per heavy atom. The van der Waals surface area contributed by atoms with Gasteiger partial charge in [-0.15, -0.1) is 13.2 Å². The summed E-state index contributed by atoms with van der Waals surface area (Å²) in [5, 5.41) is 13.2. The Bertz CT molecular complexity index is 792. The van der Waals surface area contributed by atoms with Gasteiger partial charge in [-0.25, -0.2) is 0 Å². The van der Waals surface area contributed by atoms with E-state index in [1.54, 1.807) is 6.92 Å². The zero-order valence-corrected chi connectivity index (χ0v) is 14.0. The summed E-state index contributed by atoms with van der Waals surface area (Å²) < 4.78 is 45.4. The Balaban J connectivity index is 1.85. The van der Waals surface area contributed by atoms with Crippen LogP contribution in [0, 0.1) is 10.1 Å². The van der Waals surface area contributed by atoms with E-state index in [9.17, 15) is 28.1 Å². The number of carbonyl (C=O) groups excluding carboxylic acids is 1. The predicted octanol–water partition coefficient (Wildman–Crippen LogP) is 3.75. The number of hydrogen-bond donors (Lipinski definition) is 1. The number of nitrogens with zero attached hydrogens (tertiary/aromatic N) is 1. The van der Waals surface area contributed by atoms with Crippen LogP contribution in [0.15, 0.2) is 48.5 Å². The minimum atomic E-state index is -4.77. The molecule has 144 valence electrons. The first-order valence-corrected chi connectivity index (χ1v) is 7.66. The average molecular weight is 384 g/mol. The quantitative estimate of drug-likeness (QED) is 0.580. The number of amides is 1. The van der Waals surface area contributed by atoms with Crippen LogP contribution in [0.3, 0.4) is 0 Å². The predicted molar refractivity (Wildman–Crippen MR) is 88.3 cm³/mol. The number of alkyl halides is 3. The minimum absolute atomic E-state index is 0.0987. The van der Waals surface area contributed by atoms with Gasteiger partial charge in [0.25, 0.3) is 11.6 Å². The maximum atomic E-state index is 12.1. The van der Waals surface area contributed by atoms with E-state index in [4.69, 9.17) is 4.74 Å². The van der Waals surface area contributed by atoms with Crippen LogP contribution in [0.2, 0.25) is 0 Å². The number of carbonyl (C=O) groups is 1. The lowest BCUT2D eigenvalue weighted by atomic mass is 10.1. The maximum Gasteiger partial charge on any atom is 0.573 e. The number of halogens is 3. The Kier molecular flexibility index (Phi) is 6.22. The van der Waals surface area contributed by atoms with Gasteiger partial charge in [0.2, 0.25) is 0 Å². The van der Waals surface area contributed by atoms with Crippen molar-refractivity contribution in [1.29, 1.82) is 0 Å². The van der Waals surface area contributed by atoms with Crippen LogP contribution >= 0.6 is 0 Å². The molecule has 0 aliphatic rings. The Labute approximate surface area is 151 Å². The first kappa shape index (κ1) is 20.0. The summed E-state index contributed by atoms with van der Waals surface area (Å²) >= 11 is 0. The van der Waals surface area contributed by atoms with Gasteiger partial charge < -0.3 is 14.8 Å². The molecule has 0 aliphatic carbocycles. The van der Waals surface area contributed by atoms with Crippen LogP contribution in [0.1, 0.15) is 18.5 Å². The zero-order chi connectivity index (χ0) is 20.0. The third-order valence-electron chi connectivity index (χ3n) is 3.41. The molecule has 2 aromatic rings. The summed E-state index contributed by atoms with van der Waals surface area (Å²) in [4.78, 5) is 21.9. The molecule has 0 radical (unpaired) electrons. The second kappa shape index (κ2) is 8.39. The molecule has 2 aromatic carbocycles. The highest BCUT2D eigenvalue weighted by molar-refractivity contribution is 5.78. The number of nitrogens with one attached hydrogen (secondary N) is 1. The van der Waals surface area contributed by atoms with Crippen molar-refractivity contribution in [2.24, 2.45) is 0 Å². The molecule has 1 amide bonds. The fourth-order valence-corrected chi connectivity index (χ4v) is 2.14. The smallest absolute Gasteiger partial charge is 0.484 e. The normalized spacial score (nSPS) is 12.1. The summed E-state index contributed by atoms with van der Waals surface area (Å²) in [6, 6.07) is 9.88. The minimum Gasteiger partial charge on any atom is -0.484 e. The molecule has 0 aromatic heterocycles. The molecule has 1 atom stereocenters. The molecule has 0 aliphatic heterocycles. The van der Waals surface area contributed by atoms with Gasteiger partial charge in [0.15, 0.2) is 6.61 Å². The molecule has 0 saturated heterocycles. The Morgan fingerprint density at radius 1 is 1.11 bits per heavy atom. The second-order valence-electron chi connectivity index (χ2n) is 5.45. The molecule has 27 heavy (non-hydrogen) atoms. The van der Waals surface area contributed by atoms with Gasteiger partial charge in [-0.2, -0.15) is 0 Å². The largest absolute Gasteiger partial charge is 0.573 e. The lowest BCUT2D eigenvalue weighted by molar-refractivity contribution is -0.384. The van der Waals surface area contributed by atoms with E-state index in [2.05, 4.69) is 10.1 Å². The van der Waals surface area contributed by atoms with Gasteiger partial charge >= 0.3 is 6.36 Å². The Hall–Kier alpha value is -3.30. The van der Waals surface area contributed by atoms with Gasteiger partial charge in [0, 0.05) is 12.1 Å². The van der Waals surface area contributed by atoms with Crippen molar-refractivity contribution in [2.45, 2.75) is 19.3 Å². The molecule has 0 spiro atoms. The number of nitro groups is 1. The fourth-order valence-electron chi connectivity index (χ4n) is 2.14. The molecule has 0 saturated carbocycles. The molecule has 1 unspecified atom stereocenters. The molecular weight excluding hydrogens is 369 g/mol. The standard InChI is InChI=1S/C17H15F3N2O5/c1-11(12-2-6-15(7-3-12)27-17(18,19)20)21-16(23)10-26-14-8-4-13(5-9-14)22(24)25/h2-9,11H,10H2,1H3,(H,21,23). The van der Waals surface area contributed by atoms with Crippen molar-refractivity contribution < 1.29 is 32.4 Å². The Morgan fingerprint density at radius 2 is 1.67 bits per heavy atom. The lowest BCUT2D eigenvalue weighted by Crippen LogP contribution is -2.31. The molecule has 1 N–H and O–H groups in total. The van der Waals surface area contributed by atoms with Gasteiger partial charge in [-0.1, -0.05) is 12.1 Å². The van der Waals surface area contributed by atoms with Crippen molar-refractivity contribution >= 4 is 11.6 Å². The van der Waals surface area contributed by atoms with Crippen molar-refractivity contribution in [1.82, 2.24) is 5.32 Å². The van der Waals surface area contributed by atoms with Crippen LogP contribution in [0.5, 0.6) is 11.5 Å². The van der Waals surface area contributed by atoms with Crippen LogP contribution in [0.25, 0.3) is 0 Å². The second-order valence-corrected chi connectivity index (χ2v) is 5.45. The van der Waals surface area contributed by atoms with Crippen LogP contribution in [0.4, 0.5) is 18.9 Å². The summed E-state index contributed by atoms with van der Waals surface area (Å²) in [6.07, 6.45) is -4.77. The van der Waals surface area contributed by atoms with Crippen molar-refractivity contribution in [3.63, 3.8) is 0 Å². The molecule has 0 bridgehead atoms. The lowest BCUT2D eigenvalue weighted by Gasteiger charge is -2.15. The van der Waals surface area contributed by atoms with Crippen molar-refractivity contribution in [3.05, 3.63) is 64.2 Å². The van der Waals surface area contributed by atoms with Gasteiger partial charge in [0.1, 0.15) is 11.5 Å². The number of hydrogen-bond acceptors (Lipinski definition) is 5. The molecule has 0 heterocycles. The highest BCUT2D eigenvalue weighted by atomic mass is 19.4. The van der Waals surface area contributed by atoms with E-state index in [0.29, 0.717) is 5.56 Å². The van der Waals surface area contributed by atoms with Crippen LogP contribution in [-0.2, 0) is 4.79 Å². The van der Waals surface area contributed by atoms with Crippen molar-refractivity contribution in [2.75, 3.05) is 6.61 Å². The van der Waals surface area contributed by atoms with Crippen LogP contribution < -0.4 is 14.8 Å². The zero-order valence-electron chi connectivity index (χ0n) is 14.0. The SMILES string of the molecule is CC(NC(=O)COc1ccc([N+](=O)[O-])cc1)c1ccc(OC(F)(F)F)cc1. The maximum absolute atomic E-state index is 12.1.